The van der Waals surface area contributed by atoms with Gasteiger partial charge in [-0.3, -0.25) is 4.79 Å². The lowest BCUT2D eigenvalue weighted by atomic mass is 10.2. The first-order valence-electron chi connectivity index (χ1n) is 7.99. The van der Waals surface area contributed by atoms with Crippen LogP contribution in [0.15, 0.2) is 59.1 Å². The molecule has 26 heavy (non-hydrogen) atoms. The van der Waals surface area contributed by atoms with E-state index in [0.29, 0.717) is 17.3 Å². The minimum absolute atomic E-state index is 0.105. The van der Waals surface area contributed by atoms with Crippen molar-refractivity contribution in [3.05, 3.63) is 60.4 Å². The molecule has 130 valence electrons. The molecule has 2 aromatic heterocycles. The van der Waals surface area contributed by atoms with Crippen molar-refractivity contribution < 1.29 is 14.1 Å². The van der Waals surface area contributed by atoms with Crippen molar-refractivity contribution in [1.82, 2.24) is 10.1 Å². The predicted molar refractivity (Wildman–Crippen MR) is 100 cm³/mol. The minimum atomic E-state index is -0.298. The number of amides is 1. The van der Waals surface area contributed by atoms with Crippen molar-refractivity contribution in [2.75, 3.05) is 11.9 Å². The highest BCUT2D eigenvalue weighted by molar-refractivity contribution is 7.21. The third-order valence-electron chi connectivity index (χ3n) is 3.66. The van der Waals surface area contributed by atoms with Crippen molar-refractivity contribution in [3.63, 3.8) is 0 Å². The van der Waals surface area contributed by atoms with Crippen LogP contribution in [0.3, 0.4) is 0 Å². The van der Waals surface area contributed by atoms with Crippen LogP contribution in [-0.4, -0.2) is 22.7 Å². The van der Waals surface area contributed by atoms with E-state index in [0.717, 1.165) is 20.8 Å². The molecule has 2 aromatic carbocycles. The van der Waals surface area contributed by atoms with Gasteiger partial charge in [0.2, 0.25) is 0 Å². The summed E-state index contributed by atoms with van der Waals surface area (Å²) >= 11 is 1.65. The Morgan fingerprint density at radius 2 is 2.00 bits per heavy atom. The molecule has 0 saturated heterocycles. The van der Waals surface area contributed by atoms with Crippen LogP contribution in [0, 0.1) is 6.92 Å². The molecule has 0 unspecified atom stereocenters. The second-order valence-corrected chi connectivity index (χ2v) is 6.70. The topological polar surface area (TPSA) is 77.2 Å². The average Bonchev–Trinajstić information content (AvgIpc) is 3.26. The van der Waals surface area contributed by atoms with Crippen molar-refractivity contribution in [3.8, 4) is 16.3 Å². The Kier molecular flexibility index (Phi) is 4.37. The minimum Gasteiger partial charge on any atom is -0.484 e. The fourth-order valence-electron chi connectivity index (χ4n) is 2.44. The summed E-state index contributed by atoms with van der Waals surface area (Å²) < 4.78 is 11.6. The highest BCUT2D eigenvalue weighted by Gasteiger charge is 2.08. The maximum atomic E-state index is 11.9. The monoisotopic (exact) mass is 365 g/mol. The highest BCUT2D eigenvalue weighted by Crippen LogP contribution is 2.30. The van der Waals surface area contributed by atoms with Gasteiger partial charge in [-0.1, -0.05) is 17.3 Å². The van der Waals surface area contributed by atoms with Gasteiger partial charge in [-0.2, -0.15) is 0 Å². The molecule has 0 bridgehead atoms. The van der Waals surface area contributed by atoms with Crippen LogP contribution >= 0.6 is 11.3 Å². The Labute approximate surface area is 153 Å². The molecule has 0 spiro atoms. The second kappa shape index (κ2) is 6.97. The number of carbonyl (C=O) groups excluding carboxylic acids is 1. The molecule has 7 heteroatoms. The van der Waals surface area contributed by atoms with Crippen molar-refractivity contribution >= 4 is 33.3 Å². The molecule has 0 aliphatic rings. The first-order chi connectivity index (χ1) is 12.7. The molecule has 0 radical (unpaired) electrons. The summed E-state index contributed by atoms with van der Waals surface area (Å²) in [6.45, 7) is 1.65. The summed E-state index contributed by atoms with van der Waals surface area (Å²) in [4.78, 5) is 16.5. The molecular formula is C19H15N3O3S. The molecule has 0 saturated carbocycles. The Bertz CT molecular complexity index is 1020. The first-order valence-corrected chi connectivity index (χ1v) is 8.81. The van der Waals surface area contributed by atoms with Crippen LogP contribution < -0.4 is 10.1 Å². The zero-order valence-electron chi connectivity index (χ0n) is 13.9. The molecule has 6 nitrogen and oxygen atoms in total. The molecule has 1 amide bonds. The molecule has 0 fully saturated rings. The number of ether oxygens (including phenoxy) is 1. The van der Waals surface area contributed by atoms with Crippen molar-refractivity contribution in [2.24, 2.45) is 0 Å². The van der Waals surface area contributed by atoms with Gasteiger partial charge in [0, 0.05) is 11.6 Å². The SMILES string of the molecule is Cc1cc(NC(=O)COc2ccc(-c3nc4ccccc4s3)cc2)no1. The van der Waals surface area contributed by atoms with E-state index in [2.05, 4.69) is 21.5 Å². The van der Waals surface area contributed by atoms with Gasteiger partial charge >= 0.3 is 0 Å². The number of carbonyl (C=O) groups is 1. The number of thiazole rings is 1. The van der Waals surface area contributed by atoms with E-state index >= 15 is 0 Å². The van der Waals surface area contributed by atoms with E-state index < -0.39 is 0 Å². The van der Waals surface area contributed by atoms with Gasteiger partial charge in [-0.05, 0) is 43.3 Å². The number of hydrogen-bond donors (Lipinski definition) is 1. The highest BCUT2D eigenvalue weighted by atomic mass is 32.1. The van der Waals surface area contributed by atoms with Gasteiger partial charge in [-0.15, -0.1) is 11.3 Å². The summed E-state index contributed by atoms with van der Waals surface area (Å²) in [5.41, 5.74) is 2.01. The zero-order valence-corrected chi connectivity index (χ0v) is 14.7. The number of para-hydroxylation sites is 1. The zero-order chi connectivity index (χ0) is 17.9. The molecule has 1 N–H and O–H groups in total. The second-order valence-electron chi connectivity index (χ2n) is 5.67. The Morgan fingerprint density at radius 1 is 1.19 bits per heavy atom. The van der Waals surface area contributed by atoms with E-state index in [9.17, 15) is 4.79 Å². The molecule has 0 aliphatic carbocycles. The number of fused-ring (bicyclic) bond motifs is 1. The molecule has 0 aliphatic heterocycles. The van der Waals surface area contributed by atoms with Crippen molar-refractivity contribution in [1.29, 1.82) is 0 Å². The van der Waals surface area contributed by atoms with E-state index in [1.54, 1.807) is 24.3 Å². The quantitative estimate of drug-likeness (QED) is 0.571. The van der Waals surface area contributed by atoms with Crippen LogP contribution in [0.4, 0.5) is 5.82 Å². The third-order valence-corrected chi connectivity index (χ3v) is 4.75. The molecule has 2 heterocycles. The summed E-state index contributed by atoms with van der Waals surface area (Å²) in [7, 11) is 0. The van der Waals surface area contributed by atoms with Crippen molar-refractivity contribution in [2.45, 2.75) is 6.92 Å². The Balaban J connectivity index is 1.39. The number of rotatable bonds is 5. The Morgan fingerprint density at radius 3 is 2.73 bits per heavy atom. The predicted octanol–water partition coefficient (Wildman–Crippen LogP) is 4.28. The number of benzene rings is 2. The average molecular weight is 365 g/mol. The van der Waals surface area contributed by atoms with Crippen LogP contribution in [-0.2, 0) is 4.79 Å². The fraction of sp³-hybridized carbons (Fsp3) is 0.105. The molecular weight excluding hydrogens is 350 g/mol. The van der Waals surface area contributed by atoms with Crippen LogP contribution in [0.2, 0.25) is 0 Å². The maximum absolute atomic E-state index is 11.9. The van der Waals surface area contributed by atoms with E-state index in [-0.39, 0.29) is 12.5 Å². The van der Waals surface area contributed by atoms with Crippen LogP contribution in [0.25, 0.3) is 20.8 Å². The smallest absolute Gasteiger partial charge is 0.263 e. The molecule has 4 rings (SSSR count). The number of hydrogen-bond acceptors (Lipinski definition) is 6. The largest absolute Gasteiger partial charge is 0.484 e. The van der Waals surface area contributed by atoms with Crippen LogP contribution in [0.1, 0.15) is 5.76 Å². The first kappa shape index (κ1) is 16.3. The van der Waals surface area contributed by atoms with Crippen LogP contribution in [0.5, 0.6) is 5.75 Å². The lowest BCUT2D eigenvalue weighted by Crippen LogP contribution is -2.20. The van der Waals surface area contributed by atoms with Gasteiger partial charge in [-0.25, -0.2) is 4.98 Å². The lowest BCUT2D eigenvalue weighted by Gasteiger charge is -2.06. The van der Waals surface area contributed by atoms with Gasteiger partial charge in [0.05, 0.1) is 10.2 Å². The summed E-state index contributed by atoms with van der Waals surface area (Å²) in [6, 6.07) is 17.2. The number of nitrogens with one attached hydrogen (secondary N) is 1. The number of anilines is 1. The lowest BCUT2D eigenvalue weighted by molar-refractivity contribution is -0.118. The van der Waals surface area contributed by atoms with Gasteiger partial charge in [0.1, 0.15) is 16.5 Å². The number of nitrogens with zero attached hydrogens (tertiary/aromatic N) is 2. The summed E-state index contributed by atoms with van der Waals surface area (Å²) in [5, 5.41) is 7.27. The van der Waals surface area contributed by atoms with Gasteiger partial charge in [0.15, 0.2) is 12.4 Å². The molecule has 0 atom stereocenters. The maximum Gasteiger partial charge on any atom is 0.263 e. The normalized spacial score (nSPS) is 10.8. The Hall–Kier alpha value is -3.19. The number of aromatic nitrogens is 2. The number of aryl methyl sites for hydroxylation is 1. The summed E-state index contributed by atoms with van der Waals surface area (Å²) in [6.07, 6.45) is 0. The third kappa shape index (κ3) is 3.57. The van der Waals surface area contributed by atoms with E-state index in [4.69, 9.17) is 9.26 Å². The van der Waals surface area contributed by atoms with E-state index in [1.165, 1.54) is 0 Å². The summed E-state index contributed by atoms with van der Waals surface area (Å²) in [5.74, 6) is 1.32. The van der Waals surface area contributed by atoms with E-state index in [1.807, 2.05) is 42.5 Å². The standard InChI is InChI=1S/C19H15N3O3S/c1-12-10-17(22-25-12)21-18(23)11-24-14-8-6-13(7-9-14)19-20-15-4-2-3-5-16(15)26-19/h2-10H,11H2,1H3,(H,21,22,23). The molecule has 4 aromatic rings. The van der Waals surface area contributed by atoms with Gasteiger partial charge in [0.25, 0.3) is 5.91 Å². The van der Waals surface area contributed by atoms with Gasteiger partial charge < -0.3 is 14.6 Å². The fourth-order valence-corrected chi connectivity index (χ4v) is 3.41.